The Morgan fingerprint density at radius 1 is 1.36 bits per heavy atom. The highest BCUT2D eigenvalue weighted by molar-refractivity contribution is 5.66. The molecule has 0 unspecified atom stereocenters. The van der Waals surface area contributed by atoms with E-state index < -0.39 is 5.97 Å². The molecule has 1 heterocycles. The lowest BCUT2D eigenvalue weighted by molar-refractivity contribution is -0.137. The van der Waals surface area contributed by atoms with Crippen LogP contribution in [0, 0.1) is 0 Å². The highest BCUT2D eigenvalue weighted by Crippen LogP contribution is 2.13. The summed E-state index contributed by atoms with van der Waals surface area (Å²) in [4.78, 5) is 15.0. The lowest BCUT2D eigenvalue weighted by Crippen LogP contribution is -2.55. The van der Waals surface area contributed by atoms with E-state index in [0.717, 1.165) is 13.1 Å². The first kappa shape index (κ1) is 11.5. The molecule has 4 heteroatoms. The Morgan fingerprint density at radius 2 is 1.86 bits per heavy atom. The van der Waals surface area contributed by atoms with Gasteiger partial charge in [0.25, 0.3) is 0 Å². The fourth-order valence-electron chi connectivity index (χ4n) is 1.95. The molecule has 1 rings (SSSR count). The minimum atomic E-state index is -0.704. The number of aliphatic carboxylic acids is 1. The zero-order valence-corrected chi connectivity index (χ0v) is 9.23. The van der Waals surface area contributed by atoms with Gasteiger partial charge < -0.3 is 5.11 Å². The summed E-state index contributed by atoms with van der Waals surface area (Å²) in [5.41, 5.74) is 0. The van der Waals surface area contributed by atoms with E-state index in [1.807, 2.05) is 0 Å². The normalized spacial score (nSPS) is 30.5. The predicted molar refractivity (Wildman–Crippen MR) is 55.4 cm³/mol. The first-order valence-electron chi connectivity index (χ1n) is 5.16. The SMILES string of the molecule is C[C@@H]1CN(CCC(=O)O)C[C@H](C)N1C. The van der Waals surface area contributed by atoms with E-state index in [9.17, 15) is 4.79 Å². The number of carboxylic acids is 1. The number of nitrogens with zero attached hydrogens (tertiary/aromatic N) is 2. The second kappa shape index (κ2) is 4.75. The van der Waals surface area contributed by atoms with Crippen molar-refractivity contribution in [1.29, 1.82) is 0 Å². The molecule has 4 nitrogen and oxygen atoms in total. The number of hydrogen-bond donors (Lipinski definition) is 1. The molecule has 14 heavy (non-hydrogen) atoms. The highest BCUT2D eigenvalue weighted by atomic mass is 16.4. The van der Waals surface area contributed by atoms with Crippen LogP contribution in [0.15, 0.2) is 0 Å². The Kier molecular flexibility index (Phi) is 3.89. The van der Waals surface area contributed by atoms with Crippen molar-refractivity contribution in [3.8, 4) is 0 Å². The summed E-state index contributed by atoms with van der Waals surface area (Å²) in [6.07, 6.45) is 0.253. The molecule has 0 bridgehead atoms. The summed E-state index contributed by atoms with van der Waals surface area (Å²) in [5, 5.41) is 8.59. The van der Waals surface area contributed by atoms with Crippen LogP contribution in [0.5, 0.6) is 0 Å². The minimum Gasteiger partial charge on any atom is -0.481 e. The molecule has 0 aliphatic carbocycles. The van der Waals surface area contributed by atoms with Crippen molar-refractivity contribution in [2.45, 2.75) is 32.4 Å². The van der Waals surface area contributed by atoms with Gasteiger partial charge in [-0.3, -0.25) is 14.6 Å². The van der Waals surface area contributed by atoms with E-state index in [4.69, 9.17) is 5.11 Å². The monoisotopic (exact) mass is 200 g/mol. The Hall–Kier alpha value is -0.610. The Morgan fingerprint density at radius 3 is 2.29 bits per heavy atom. The first-order chi connectivity index (χ1) is 6.50. The van der Waals surface area contributed by atoms with E-state index in [1.165, 1.54) is 0 Å². The molecule has 1 fully saturated rings. The molecule has 1 aliphatic heterocycles. The Bertz CT molecular complexity index is 196. The number of carboxylic acid groups (broad SMARTS) is 1. The maximum Gasteiger partial charge on any atom is 0.304 e. The second-order valence-corrected chi connectivity index (χ2v) is 4.27. The summed E-state index contributed by atoms with van der Waals surface area (Å²) in [6.45, 7) is 7.01. The van der Waals surface area contributed by atoms with Gasteiger partial charge in [-0.25, -0.2) is 0 Å². The smallest absolute Gasteiger partial charge is 0.304 e. The molecule has 0 aromatic carbocycles. The summed E-state index contributed by atoms with van der Waals surface area (Å²) in [7, 11) is 2.13. The molecule has 0 radical (unpaired) electrons. The second-order valence-electron chi connectivity index (χ2n) is 4.27. The first-order valence-corrected chi connectivity index (χ1v) is 5.16. The van der Waals surface area contributed by atoms with Crippen LogP contribution >= 0.6 is 0 Å². The van der Waals surface area contributed by atoms with Gasteiger partial charge in [0.05, 0.1) is 6.42 Å². The zero-order chi connectivity index (χ0) is 10.7. The van der Waals surface area contributed by atoms with Crippen LogP contribution in [0.2, 0.25) is 0 Å². The number of piperazine rings is 1. The fourth-order valence-corrected chi connectivity index (χ4v) is 1.95. The molecule has 1 N–H and O–H groups in total. The molecule has 1 aliphatic rings. The summed E-state index contributed by atoms with van der Waals surface area (Å²) in [6, 6.07) is 1.04. The third kappa shape index (κ3) is 2.96. The van der Waals surface area contributed by atoms with Gasteiger partial charge in [-0.05, 0) is 20.9 Å². The number of carbonyl (C=O) groups is 1. The highest BCUT2D eigenvalue weighted by Gasteiger charge is 2.26. The van der Waals surface area contributed by atoms with Crippen LogP contribution in [0.1, 0.15) is 20.3 Å². The number of rotatable bonds is 3. The topological polar surface area (TPSA) is 43.8 Å². The van der Waals surface area contributed by atoms with Crippen molar-refractivity contribution in [3.05, 3.63) is 0 Å². The average molecular weight is 200 g/mol. The van der Waals surface area contributed by atoms with Crippen LogP contribution in [0.4, 0.5) is 0 Å². The minimum absolute atomic E-state index is 0.253. The lowest BCUT2D eigenvalue weighted by atomic mass is 10.1. The van der Waals surface area contributed by atoms with E-state index in [0.29, 0.717) is 18.6 Å². The maximum absolute atomic E-state index is 10.4. The van der Waals surface area contributed by atoms with Crippen molar-refractivity contribution in [2.24, 2.45) is 0 Å². The third-order valence-electron chi connectivity index (χ3n) is 3.08. The van der Waals surface area contributed by atoms with E-state index in [-0.39, 0.29) is 6.42 Å². The average Bonchev–Trinajstić information content (AvgIpc) is 2.10. The molecule has 1 saturated heterocycles. The quantitative estimate of drug-likeness (QED) is 0.720. The van der Waals surface area contributed by atoms with Gasteiger partial charge in [-0.1, -0.05) is 0 Å². The Labute approximate surface area is 85.5 Å². The van der Waals surface area contributed by atoms with E-state index in [2.05, 4.69) is 30.7 Å². The molecule has 0 aromatic heterocycles. The van der Waals surface area contributed by atoms with Crippen LogP contribution in [0.3, 0.4) is 0 Å². The van der Waals surface area contributed by atoms with Gasteiger partial charge in [0.1, 0.15) is 0 Å². The van der Waals surface area contributed by atoms with Crippen molar-refractivity contribution in [2.75, 3.05) is 26.7 Å². The van der Waals surface area contributed by atoms with Gasteiger partial charge in [0.2, 0.25) is 0 Å². The fraction of sp³-hybridized carbons (Fsp3) is 0.900. The molecule has 0 spiro atoms. The number of likely N-dealkylation sites (N-methyl/N-ethyl adjacent to an activating group) is 1. The lowest BCUT2D eigenvalue weighted by Gasteiger charge is -2.42. The Balaban J connectivity index is 2.38. The summed E-state index contributed by atoms with van der Waals surface area (Å²) < 4.78 is 0. The largest absolute Gasteiger partial charge is 0.481 e. The standard InChI is InChI=1S/C10H20N2O2/c1-8-6-12(5-4-10(13)14)7-9(2)11(8)3/h8-9H,4-7H2,1-3H3,(H,13,14)/t8-,9+. The van der Waals surface area contributed by atoms with Gasteiger partial charge in [-0.2, -0.15) is 0 Å². The summed E-state index contributed by atoms with van der Waals surface area (Å²) >= 11 is 0. The van der Waals surface area contributed by atoms with Crippen molar-refractivity contribution in [3.63, 3.8) is 0 Å². The van der Waals surface area contributed by atoms with Crippen molar-refractivity contribution in [1.82, 2.24) is 9.80 Å². The molecule has 2 atom stereocenters. The van der Waals surface area contributed by atoms with E-state index in [1.54, 1.807) is 0 Å². The van der Waals surface area contributed by atoms with Gasteiger partial charge in [0, 0.05) is 31.7 Å². The van der Waals surface area contributed by atoms with Gasteiger partial charge in [0.15, 0.2) is 0 Å². The maximum atomic E-state index is 10.4. The van der Waals surface area contributed by atoms with Crippen LogP contribution in [0.25, 0.3) is 0 Å². The predicted octanol–water partition coefficient (Wildman–Crippen LogP) is 0.486. The van der Waals surface area contributed by atoms with E-state index >= 15 is 0 Å². The van der Waals surface area contributed by atoms with Crippen LogP contribution < -0.4 is 0 Å². The van der Waals surface area contributed by atoms with Crippen molar-refractivity contribution >= 4 is 5.97 Å². The summed E-state index contributed by atoms with van der Waals surface area (Å²) in [5.74, 6) is -0.704. The van der Waals surface area contributed by atoms with Crippen molar-refractivity contribution < 1.29 is 9.90 Å². The van der Waals surface area contributed by atoms with Gasteiger partial charge >= 0.3 is 5.97 Å². The molecular formula is C10H20N2O2. The molecule has 0 saturated carbocycles. The number of hydrogen-bond acceptors (Lipinski definition) is 3. The molecule has 0 aromatic rings. The zero-order valence-electron chi connectivity index (χ0n) is 9.23. The molecular weight excluding hydrogens is 180 g/mol. The molecule has 0 amide bonds. The van der Waals surface area contributed by atoms with Crippen LogP contribution in [-0.4, -0.2) is 59.6 Å². The molecule has 82 valence electrons. The third-order valence-corrected chi connectivity index (χ3v) is 3.08. The van der Waals surface area contributed by atoms with Crippen LogP contribution in [-0.2, 0) is 4.79 Å². The van der Waals surface area contributed by atoms with Gasteiger partial charge in [-0.15, -0.1) is 0 Å².